The molecule has 5 nitrogen and oxygen atoms in total. The van der Waals surface area contributed by atoms with Crippen molar-refractivity contribution in [1.29, 1.82) is 0 Å². The maximum Gasteiger partial charge on any atom is 0.150 e. The van der Waals surface area contributed by atoms with Crippen LogP contribution >= 0.6 is 11.3 Å². The summed E-state index contributed by atoms with van der Waals surface area (Å²) in [4.78, 5) is 13.5. The lowest BCUT2D eigenvalue weighted by atomic mass is 10.1. The Balaban J connectivity index is 1.39. The van der Waals surface area contributed by atoms with Gasteiger partial charge in [0.25, 0.3) is 0 Å². The Bertz CT molecular complexity index is 799. The van der Waals surface area contributed by atoms with E-state index in [4.69, 9.17) is 0 Å². The molecule has 0 bridgehead atoms. The van der Waals surface area contributed by atoms with Crippen LogP contribution in [-0.2, 0) is 0 Å². The molecule has 0 radical (unpaired) electrons. The molecular formula is C18H20N4OS. The van der Waals surface area contributed by atoms with Gasteiger partial charge in [0.15, 0.2) is 0 Å². The molecule has 24 heavy (non-hydrogen) atoms. The number of aliphatic hydroxyl groups excluding tert-OH is 1. The van der Waals surface area contributed by atoms with Crippen molar-refractivity contribution in [2.24, 2.45) is 0 Å². The summed E-state index contributed by atoms with van der Waals surface area (Å²) in [6.45, 7) is 4.38. The highest BCUT2D eigenvalue weighted by molar-refractivity contribution is 7.17. The maximum absolute atomic E-state index is 10.4. The summed E-state index contributed by atoms with van der Waals surface area (Å²) in [6.07, 6.45) is 1.22. The first-order valence-corrected chi connectivity index (χ1v) is 9.08. The van der Waals surface area contributed by atoms with E-state index in [1.54, 1.807) is 17.7 Å². The number of hydrogen-bond acceptors (Lipinski definition) is 6. The molecule has 2 aromatic heterocycles. The minimum absolute atomic E-state index is 0.430. The summed E-state index contributed by atoms with van der Waals surface area (Å²) in [5, 5.41) is 12.5. The Hall–Kier alpha value is -2.02. The summed E-state index contributed by atoms with van der Waals surface area (Å²) in [5.41, 5.74) is 2.00. The van der Waals surface area contributed by atoms with Crippen molar-refractivity contribution >= 4 is 27.4 Å². The van der Waals surface area contributed by atoms with Gasteiger partial charge in [-0.05, 0) is 17.0 Å². The number of rotatable bonds is 4. The van der Waals surface area contributed by atoms with E-state index in [0.29, 0.717) is 6.54 Å². The molecule has 0 spiro atoms. The van der Waals surface area contributed by atoms with Crippen molar-refractivity contribution in [2.75, 3.05) is 37.6 Å². The highest BCUT2D eigenvalue weighted by atomic mass is 32.1. The van der Waals surface area contributed by atoms with Gasteiger partial charge >= 0.3 is 0 Å². The molecule has 3 aromatic rings. The fourth-order valence-corrected chi connectivity index (χ4v) is 4.03. The standard InChI is InChI=1S/C18H20N4OS/c23-16(14-4-2-1-3-5-14)12-21-7-9-22(10-8-21)18-17-15(6-11-24-17)19-13-20-18/h1-6,11,13,16,23H,7-10,12H2/t16-/m1/s1. The molecule has 0 unspecified atom stereocenters. The van der Waals surface area contributed by atoms with Gasteiger partial charge in [-0.15, -0.1) is 11.3 Å². The number of hydrogen-bond donors (Lipinski definition) is 1. The van der Waals surface area contributed by atoms with E-state index in [-0.39, 0.29) is 0 Å². The van der Waals surface area contributed by atoms with Gasteiger partial charge in [-0.2, -0.15) is 0 Å². The third kappa shape index (κ3) is 3.13. The van der Waals surface area contributed by atoms with Crippen LogP contribution in [0.3, 0.4) is 0 Å². The predicted octanol–water partition coefficient (Wildman–Crippen LogP) is 2.55. The van der Waals surface area contributed by atoms with Gasteiger partial charge in [0, 0.05) is 32.7 Å². The zero-order valence-corrected chi connectivity index (χ0v) is 14.2. The van der Waals surface area contributed by atoms with E-state index >= 15 is 0 Å². The summed E-state index contributed by atoms with van der Waals surface area (Å²) in [5.74, 6) is 1.04. The van der Waals surface area contributed by atoms with Gasteiger partial charge < -0.3 is 10.0 Å². The topological polar surface area (TPSA) is 52.5 Å². The number of fused-ring (bicyclic) bond motifs is 1. The number of aliphatic hydroxyl groups is 1. The van der Waals surface area contributed by atoms with E-state index in [0.717, 1.165) is 47.8 Å². The SMILES string of the molecule is O[C@H](CN1CCN(c2ncnc3ccsc23)CC1)c1ccccc1. The fourth-order valence-electron chi connectivity index (χ4n) is 3.17. The Kier molecular flexibility index (Phi) is 4.42. The Morgan fingerprint density at radius 1 is 1.04 bits per heavy atom. The lowest BCUT2D eigenvalue weighted by molar-refractivity contribution is 0.109. The Morgan fingerprint density at radius 3 is 2.62 bits per heavy atom. The van der Waals surface area contributed by atoms with Gasteiger partial charge in [0.05, 0.1) is 16.3 Å². The predicted molar refractivity (Wildman–Crippen MR) is 97.5 cm³/mol. The van der Waals surface area contributed by atoms with Crippen LogP contribution < -0.4 is 4.90 Å². The van der Waals surface area contributed by atoms with E-state index in [1.807, 2.05) is 36.4 Å². The monoisotopic (exact) mass is 340 g/mol. The van der Waals surface area contributed by atoms with Crippen molar-refractivity contribution in [3.8, 4) is 0 Å². The van der Waals surface area contributed by atoms with Gasteiger partial charge in [0.1, 0.15) is 12.1 Å². The van der Waals surface area contributed by atoms with Crippen LogP contribution in [0, 0.1) is 0 Å². The van der Waals surface area contributed by atoms with E-state index in [9.17, 15) is 5.11 Å². The van der Waals surface area contributed by atoms with Crippen LogP contribution in [-0.4, -0.2) is 52.7 Å². The number of thiophene rings is 1. The van der Waals surface area contributed by atoms with Crippen LogP contribution in [0.25, 0.3) is 10.2 Å². The molecule has 1 saturated heterocycles. The summed E-state index contributed by atoms with van der Waals surface area (Å²) in [6, 6.07) is 11.9. The zero-order valence-electron chi connectivity index (χ0n) is 13.4. The molecular weight excluding hydrogens is 320 g/mol. The van der Waals surface area contributed by atoms with E-state index < -0.39 is 6.10 Å². The second-order valence-corrected chi connectivity index (χ2v) is 6.96. The molecule has 1 aliphatic rings. The fraction of sp³-hybridized carbons (Fsp3) is 0.333. The summed E-state index contributed by atoms with van der Waals surface area (Å²) in [7, 11) is 0. The van der Waals surface area contributed by atoms with Crippen LogP contribution in [0.2, 0.25) is 0 Å². The highest BCUT2D eigenvalue weighted by Crippen LogP contribution is 2.28. The molecule has 124 valence electrons. The number of benzene rings is 1. The minimum atomic E-state index is -0.430. The average molecular weight is 340 g/mol. The normalized spacial score (nSPS) is 17.3. The van der Waals surface area contributed by atoms with Gasteiger partial charge in [-0.1, -0.05) is 30.3 Å². The first-order valence-electron chi connectivity index (χ1n) is 8.20. The second kappa shape index (κ2) is 6.84. The van der Waals surface area contributed by atoms with Crippen molar-refractivity contribution in [3.05, 3.63) is 53.7 Å². The maximum atomic E-state index is 10.4. The van der Waals surface area contributed by atoms with Gasteiger partial charge in [0.2, 0.25) is 0 Å². The van der Waals surface area contributed by atoms with E-state index in [1.165, 1.54) is 0 Å². The third-order valence-corrected chi connectivity index (χ3v) is 5.41. The zero-order chi connectivity index (χ0) is 16.4. The Labute approximate surface area is 145 Å². The number of β-amino-alcohol motifs (C(OH)–C–C–N with tert-alkyl or cyclic N) is 1. The largest absolute Gasteiger partial charge is 0.387 e. The lowest BCUT2D eigenvalue weighted by Gasteiger charge is -2.36. The Morgan fingerprint density at radius 2 is 1.83 bits per heavy atom. The second-order valence-electron chi connectivity index (χ2n) is 6.05. The first-order chi connectivity index (χ1) is 11.8. The molecule has 0 aliphatic carbocycles. The highest BCUT2D eigenvalue weighted by Gasteiger charge is 2.22. The van der Waals surface area contributed by atoms with Gasteiger partial charge in [-0.25, -0.2) is 9.97 Å². The van der Waals surface area contributed by atoms with Crippen molar-refractivity contribution in [3.63, 3.8) is 0 Å². The van der Waals surface area contributed by atoms with Crippen LogP contribution in [0.5, 0.6) is 0 Å². The number of anilines is 1. The molecule has 0 saturated carbocycles. The molecule has 6 heteroatoms. The van der Waals surface area contributed by atoms with Crippen molar-refractivity contribution in [1.82, 2.24) is 14.9 Å². The molecule has 1 fully saturated rings. The third-order valence-electron chi connectivity index (χ3n) is 4.51. The molecule has 3 heterocycles. The first kappa shape index (κ1) is 15.5. The smallest absolute Gasteiger partial charge is 0.150 e. The molecule has 4 rings (SSSR count). The minimum Gasteiger partial charge on any atom is -0.387 e. The quantitative estimate of drug-likeness (QED) is 0.791. The van der Waals surface area contributed by atoms with Crippen LogP contribution in [0.1, 0.15) is 11.7 Å². The van der Waals surface area contributed by atoms with Gasteiger partial charge in [-0.3, -0.25) is 4.90 Å². The van der Waals surface area contributed by atoms with E-state index in [2.05, 4.69) is 25.1 Å². The molecule has 1 N–H and O–H groups in total. The average Bonchev–Trinajstić information content (AvgIpc) is 3.12. The molecule has 0 amide bonds. The number of piperazine rings is 1. The summed E-state index contributed by atoms with van der Waals surface area (Å²) < 4.78 is 1.16. The lowest BCUT2D eigenvalue weighted by Crippen LogP contribution is -2.47. The molecule has 1 aromatic carbocycles. The molecule has 1 atom stereocenters. The van der Waals surface area contributed by atoms with Crippen LogP contribution in [0.4, 0.5) is 5.82 Å². The van der Waals surface area contributed by atoms with Crippen molar-refractivity contribution in [2.45, 2.75) is 6.10 Å². The number of aromatic nitrogens is 2. The van der Waals surface area contributed by atoms with Crippen LogP contribution in [0.15, 0.2) is 48.1 Å². The molecule has 1 aliphatic heterocycles. The summed E-state index contributed by atoms with van der Waals surface area (Å²) >= 11 is 1.70. The van der Waals surface area contributed by atoms with Crippen molar-refractivity contribution < 1.29 is 5.11 Å². The number of nitrogens with zero attached hydrogens (tertiary/aromatic N) is 4.